The number of hydrogen-bond acceptors (Lipinski definition) is 2. The van der Waals surface area contributed by atoms with Crippen molar-refractivity contribution in [3.05, 3.63) is 0 Å². The van der Waals surface area contributed by atoms with Crippen molar-refractivity contribution in [3.63, 3.8) is 0 Å². The summed E-state index contributed by atoms with van der Waals surface area (Å²) in [6.07, 6.45) is 5.59. The summed E-state index contributed by atoms with van der Waals surface area (Å²) in [5.74, 6) is 0.759. The van der Waals surface area contributed by atoms with Crippen LogP contribution < -0.4 is 0 Å². The van der Waals surface area contributed by atoms with Crippen molar-refractivity contribution in [1.82, 2.24) is 9.80 Å². The molecule has 0 amide bonds. The van der Waals surface area contributed by atoms with Gasteiger partial charge in [0.1, 0.15) is 0 Å². The molecule has 2 heterocycles. The van der Waals surface area contributed by atoms with E-state index in [1.165, 1.54) is 51.9 Å². The fourth-order valence-electron chi connectivity index (χ4n) is 3.60. The monoisotopic (exact) mass is 266 g/mol. The van der Waals surface area contributed by atoms with Crippen LogP contribution >= 0.6 is 0 Å². The maximum atomic E-state index is 2.81. The lowest BCUT2D eigenvalue weighted by molar-refractivity contribution is -0.0161. The summed E-state index contributed by atoms with van der Waals surface area (Å²) in [7, 11) is 0. The lowest BCUT2D eigenvalue weighted by atomic mass is 9.80. The molecule has 2 nitrogen and oxygen atoms in total. The number of hydrogen-bond donors (Lipinski definition) is 0. The molecule has 0 bridgehead atoms. The molecule has 2 unspecified atom stereocenters. The van der Waals surface area contributed by atoms with Crippen LogP contribution in [0.4, 0.5) is 0 Å². The highest BCUT2D eigenvalue weighted by Crippen LogP contribution is 2.32. The maximum Gasteiger partial charge on any atom is 0.0223 e. The summed E-state index contributed by atoms with van der Waals surface area (Å²) in [5.41, 5.74) is 0.435. The van der Waals surface area contributed by atoms with E-state index in [0.29, 0.717) is 5.41 Å². The Morgan fingerprint density at radius 2 is 1.89 bits per heavy atom. The minimum absolute atomic E-state index is 0.435. The van der Waals surface area contributed by atoms with Crippen molar-refractivity contribution in [2.45, 2.75) is 72.4 Å². The highest BCUT2D eigenvalue weighted by atomic mass is 15.3. The molecule has 2 atom stereocenters. The highest BCUT2D eigenvalue weighted by molar-refractivity contribution is 4.92. The Labute approximate surface area is 120 Å². The average molecular weight is 266 g/mol. The van der Waals surface area contributed by atoms with Gasteiger partial charge in [-0.15, -0.1) is 0 Å². The maximum absolute atomic E-state index is 2.81. The van der Waals surface area contributed by atoms with E-state index < -0.39 is 0 Å². The molecule has 0 saturated carbocycles. The van der Waals surface area contributed by atoms with Crippen LogP contribution in [-0.2, 0) is 0 Å². The quantitative estimate of drug-likeness (QED) is 0.767. The molecule has 0 aromatic carbocycles. The third kappa shape index (κ3) is 3.52. The van der Waals surface area contributed by atoms with Gasteiger partial charge >= 0.3 is 0 Å². The van der Waals surface area contributed by atoms with Gasteiger partial charge in [-0.3, -0.25) is 9.80 Å². The van der Waals surface area contributed by atoms with Crippen LogP contribution in [0.3, 0.4) is 0 Å². The third-order valence-corrected chi connectivity index (χ3v) is 5.80. The fraction of sp³-hybridized carbons (Fsp3) is 1.00. The van der Waals surface area contributed by atoms with Gasteiger partial charge in [-0.1, -0.05) is 41.0 Å². The van der Waals surface area contributed by atoms with E-state index >= 15 is 0 Å². The van der Waals surface area contributed by atoms with Gasteiger partial charge in [-0.25, -0.2) is 0 Å². The number of rotatable bonds is 4. The predicted molar refractivity (Wildman–Crippen MR) is 83.5 cm³/mol. The molecule has 112 valence electrons. The van der Waals surface area contributed by atoms with E-state index in [1.54, 1.807) is 0 Å². The number of piperazine rings is 1. The van der Waals surface area contributed by atoms with Crippen LogP contribution in [0.15, 0.2) is 0 Å². The molecule has 2 rings (SSSR count). The first-order valence-electron chi connectivity index (χ1n) is 8.42. The summed E-state index contributed by atoms with van der Waals surface area (Å²) in [6, 6.07) is 1.63. The zero-order valence-corrected chi connectivity index (χ0v) is 13.8. The van der Waals surface area contributed by atoms with Crippen molar-refractivity contribution in [3.8, 4) is 0 Å². The minimum Gasteiger partial charge on any atom is -0.298 e. The molecule has 2 aliphatic heterocycles. The fourth-order valence-corrected chi connectivity index (χ4v) is 3.60. The van der Waals surface area contributed by atoms with Gasteiger partial charge in [-0.2, -0.15) is 0 Å². The predicted octanol–water partition coefficient (Wildman–Crippen LogP) is 3.62. The molecular formula is C17H34N2. The Morgan fingerprint density at radius 1 is 1.16 bits per heavy atom. The normalized spacial score (nSPS) is 30.6. The van der Waals surface area contributed by atoms with Gasteiger partial charge in [0.2, 0.25) is 0 Å². The topological polar surface area (TPSA) is 6.48 Å². The van der Waals surface area contributed by atoms with E-state index in [-0.39, 0.29) is 0 Å². The lowest BCUT2D eigenvalue weighted by Gasteiger charge is -2.50. The molecule has 0 aromatic heterocycles. The van der Waals surface area contributed by atoms with Crippen LogP contribution in [0, 0.1) is 11.3 Å². The Kier molecular flexibility index (Phi) is 4.94. The second-order valence-electron chi connectivity index (χ2n) is 7.78. The van der Waals surface area contributed by atoms with Gasteiger partial charge in [0.15, 0.2) is 0 Å². The van der Waals surface area contributed by atoms with Gasteiger partial charge in [0.25, 0.3) is 0 Å². The van der Waals surface area contributed by atoms with Crippen molar-refractivity contribution in [2.75, 3.05) is 26.2 Å². The highest BCUT2D eigenvalue weighted by Gasteiger charge is 2.37. The summed E-state index contributed by atoms with van der Waals surface area (Å²) < 4.78 is 0. The summed E-state index contributed by atoms with van der Waals surface area (Å²) in [4.78, 5) is 5.59. The smallest absolute Gasteiger partial charge is 0.0223 e. The van der Waals surface area contributed by atoms with Crippen LogP contribution in [0.5, 0.6) is 0 Å². The zero-order chi connectivity index (χ0) is 14.0. The molecule has 2 fully saturated rings. The van der Waals surface area contributed by atoms with E-state index in [0.717, 1.165) is 18.0 Å². The SMILES string of the molecule is CCC1CN2CCCCC2CN1CC(C)(C)C(C)C. The molecule has 2 aliphatic rings. The van der Waals surface area contributed by atoms with Crippen LogP contribution in [-0.4, -0.2) is 48.1 Å². The van der Waals surface area contributed by atoms with Crippen molar-refractivity contribution < 1.29 is 0 Å². The number of piperidine rings is 1. The van der Waals surface area contributed by atoms with Gasteiger partial charge in [0, 0.05) is 31.7 Å². The number of fused-ring (bicyclic) bond motifs is 1. The Balaban J connectivity index is 2.02. The Bertz CT molecular complexity index is 285. The zero-order valence-electron chi connectivity index (χ0n) is 13.8. The van der Waals surface area contributed by atoms with Crippen molar-refractivity contribution >= 4 is 0 Å². The van der Waals surface area contributed by atoms with Crippen molar-refractivity contribution in [1.29, 1.82) is 0 Å². The third-order valence-electron chi connectivity index (χ3n) is 5.80. The molecule has 0 aliphatic carbocycles. The first kappa shape index (κ1) is 15.3. The second-order valence-corrected chi connectivity index (χ2v) is 7.78. The summed E-state index contributed by atoms with van der Waals surface area (Å²) in [5, 5.41) is 0. The molecule has 0 radical (unpaired) electrons. The molecule has 19 heavy (non-hydrogen) atoms. The summed E-state index contributed by atoms with van der Waals surface area (Å²) >= 11 is 0. The number of nitrogens with zero attached hydrogens (tertiary/aromatic N) is 2. The Morgan fingerprint density at radius 3 is 2.53 bits per heavy atom. The van der Waals surface area contributed by atoms with Crippen LogP contribution in [0.2, 0.25) is 0 Å². The van der Waals surface area contributed by atoms with Gasteiger partial charge in [0.05, 0.1) is 0 Å². The molecular weight excluding hydrogens is 232 g/mol. The van der Waals surface area contributed by atoms with E-state index in [4.69, 9.17) is 0 Å². The minimum atomic E-state index is 0.435. The standard InChI is InChI=1S/C17H34N2/c1-6-15-11-18-10-8-7-9-16(18)12-19(15)13-17(4,5)14(2)3/h14-16H,6-13H2,1-5H3. The van der Waals surface area contributed by atoms with Crippen LogP contribution in [0.1, 0.15) is 60.3 Å². The molecule has 2 saturated heterocycles. The molecule has 0 spiro atoms. The van der Waals surface area contributed by atoms with Crippen molar-refractivity contribution in [2.24, 2.45) is 11.3 Å². The largest absolute Gasteiger partial charge is 0.298 e. The average Bonchev–Trinajstić information content (AvgIpc) is 2.37. The molecule has 2 heteroatoms. The summed E-state index contributed by atoms with van der Waals surface area (Å²) in [6.45, 7) is 17.2. The first-order chi connectivity index (χ1) is 8.94. The van der Waals surface area contributed by atoms with Crippen LogP contribution in [0.25, 0.3) is 0 Å². The lowest BCUT2D eigenvalue weighted by Crippen LogP contribution is -2.60. The Hall–Kier alpha value is -0.0800. The van der Waals surface area contributed by atoms with E-state index in [1.807, 2.05) is 0 Å². The molecule has 0 N–H and O–H groups in total. The molecule has 0 aromatic rings. The second kappa shape index (κ2) is 6.13. The van der Waals surface area contributed by atoms with E-state index in [2.05, 4.69) is 44.4 Å². The van der Waals surface area contributed by atoms with Gasteiger partial charge in [-0.05, 0) is 37.1 Å². The van der Waals surface area contributed by atoms with E-state index in [9.17, 15) is 0 Å². The first-order valence-corrected chi connectivity index (χ1v) is 8.42. The van der Waals surface area contributed by atoms with Gasteiger partial charge < -0.3 is 0 Å².